The van der Waals surface area contributed by atoms with Crippen molar-refractivity contribution in [2.45, 2.75) is 52.3 Å². The number of rotatable bonds is 22. The largest absolute Gasteiger partial charge is 0.510 e. The van der Waals surface area contributed by atoms with Crippen LogP contribution < -0.4 is 0 Å². The Kier molecular flexibility index (Phi) is 16.4. The molecule has 0 fully saturated rings. The minimum absolute atomic E-state index is 0.0248. The van der Waals surface area contributed by atoms with Crippen molar-refractivity contribution >= 4 is 23.7 Å². The Bertz CT molecular complexity index is 1740. The first-order valence-corrected chi connectivity index (χ1v) is 16.9. The van der Waals surface area contributed by atoms with Gasteiger partial charge in [0, 0.05) is 24.9 Å². The fourth-order valence-electron chi connectivity index (χ4n) is 4.87. The molecule has 1 atom stereocenters. The molecular weight excluding hydrogens is 724 g/mol. The van der Waals surface area contributed by atoms with Crippen LogP contribution in [-0.2, 0) is 41.6 Å². The first-order chi connectivity index (χ1) is 25.6. The standard InChI is InChI=1S/C32H41ClN8O12/c1-3-4-10-27-34-29(33)28(31(42)49-15-7-16-51-40(44)45)38(27)21-23-11-13-24(14-12-23)25-8-5-6-9-26(25)30-35-37-39(36-30)22(2)53-32(43)50-19-17-48-18-20-52-41(46)47/h5-6,8-9,11-14,22,44-47H,3-4,7,10,15-21H2,1-2H3. The summed E-state index contributed by atoms with van der Waals surface area (Å²) in [4.78, 5) is 39.6. The first kappa shape index (κ1) is 41.2. The Labute approximate surface area is 308 Å². The van der Waals surface area contributed by atoms with Crippen molar-refractivity contribution in [2.75, 3.05) is 39.6 Å². The second-order valence-electron chi connectivity index (χ2n) is 11.1. The monoisotopic (exact) mass is 764 g/mol. The van der Waals surface area contributed by atoms with Gasteiger partial charge in [0.05, 0.1) is 43.8 Å². The summed E-state index contributed by atoms with van der Waals surface area (Å²) in [5.41, 5.74) is 3.34. The van der Waals surface area contributed by atoms with Gasteiger partial charge >= 0.3 is 12.1 Å². The molecule has 53 heavy (non-hydrogen) atoms. The van der Waals surface area contributed by atoms with E-state index in [1.54, 1.807) is 11.5 Å². The number of esters is 1. The number of carbonyl (C=O) groups excluding carboxylic acids is 2. The molecule has 0 saturated carbocycles. The number of halogens is 1. The SMILES string of the molecule is CCCCc1nc(Cl)c(C(=O)OCCCON(O)O)n1Cc1ccc(-c2ccccc2-c2nnn(C(C)OC(=O)OCCOCCON(O)O)n2)cc1. The van der Waals surface area contributed by atoms with Gasteiger partial charge < -0.3 is 23.5 Å². The number of imidazole rings is 1. The number of benzene rings is 2. The van der Waals surface area contributed by atoms with Gasteiger partial charge in [0.25, 0.3) is 0 Å². The summed E-state index contributed by atoms with van der Waals surface area (Å²) < 4.78 is 22.4. The van der Waals surface area contributed by atoms with Crippen molar-refractivity contribution in [3.05, 3.63) is 70.8 Å². The van der Waals surface area contributed by atoms with E-state index >= 15 is 0 Å². The predicted octanol–water partition coefficient (Wildman–Crippen LogP) is 4.51. The van der Waals surface area contributed by atoms with E-state index in [0.29, 0.717) is 30.2 Å². The lowest BCUT2D eigenvalue weighted by Gasteiger charge is -2.13. The Morgan fingerprint density at radius 3 is 2.28 bits per heavy atom. The second-order valence-corrected chi connectivity index (χ2v) is 11.5. The number of nitrogens with zero attached hydrogens (tertiary/aromatic N) is 8. The lowest BCUT2D eigenvalue weighted by atomic mass is 9.98. The third-order valence-corrected chi connectivity index (χ3v) is 7.62. The Morgan fingerprint density at radius 1 is 0.868 bits per heavy atom. The maximum Gasteiger partial charge on any atom is 0.510 e. The lowest BCUT2D eigenvalue weighted by Crippen LogP contribution is -2.20. The van der Waals surface area contributed by atoms with Crippen LogP contribution in [-0.4, -0.2) is 113 Å². The normalized spacial score (nSPS) is 12.0. The van der Waals surface area contributed by atoms with E-state index in [1.807, 2.05) is 48.5 Å². The topological polar surface area (TPSA) is 238 Å². The summed E-state index contributed by atoms with van der Waals surface area (Å²) in [6.07, 6.45) is 0.652. The highest BCUT2D eigenvalue weighted by atomic mass is 35.5. The van der Waals surface area contributed by atoms with Crippen molar-refractivity contribution in [2.24, 2.45) is 0 Å². The van der Waals surface area contributed by atoms with E-state index in [0.717, 1.165) is 34.3 Å². The molecule has 2 aromatic heterocycles. The summed E-state index contributed by atoms with van der Waals surface area (Å²) in [5.74, 6) is 0.280. The van der Waals surface area contributed by atoms with Gasteiger partial charge in [-0.1, -0.05) is 73.5 Å². The highest BCUT2D eigenvalue weighted by Crippen LogP contribution is 2.31. The molecule has 4 N–H and O–H groups in total. The fraction of sp³-hybridized carbons (Fsp3) is 0.438. The molecule has 0 saturated heterocycles. The van der Waals surface area contributed by atoms with E-state index in [2.05, 4.69) is 37.0 Å². The van der Waals surface area contributed by atoms with Crippen LogP contribution in [0.15, 0.2) is 48.5 Å². The molecule has 2 heterocycles. The van der Waals surface area contributed by atoms with Gasteiger partial charge in [0.1, 0.15) is 12.4 Å². The molecule has 20 nitrogen and oxygen atoms in total. The number of carbonyl (C=O) groups is 2. The third-order valence-electron chi connectivity index (χ3n) is 7.36. The summed E-state index contributed by atoms with van der Waals surface area (Å²) in [6.45, 7) is 3.59. The molecular formula is C32H41ClN8O12. The molecule has 288 valence electrons. The maximum absolute atomic E-state index is 13.1. The quantitative estimate of drug-likeness (QED) is 0.0489. The minimum atomic E-state index is -0.975. The number of hydrogen-bond donors (Lipinski definition) is 4. The Hall–Kier alpha value is -4.61. The molecule has 0 aliphatic carbocycles. The van der Waals surface area contributed by atoms with Crippen LogP contribution in [0.4, 0.5) is 4.79 Å². The van der Waals surface area contributed by atoms with Crippen molar-refractivity contribution in [1.82, 2.24) is 40.5 Å². The number of aromatic nitrogens is 6. The van der Waals surface area contributed by atoms with E-state index in [9.17, 15) is 9.59 Å². The van der Waals surface area contributed by atoms with E-state index in [-0.39, 0.29) is 56.9 Å². The van der Waals surface area contributed by atoms with Crippen LogP contribution in [0.1, 0.15) is 61.2 Å². The smallest absolute Gasteiger partial charge is 0.461 e. The van der Waals surface area contributed by atoms with Crippen molar-refractivity contribution in [1.29, 1.82) is 0 Å². The summed E-state index contributed by atoms with van der Waals surface area (Å²) in [5, 5.41) is 46.1. The summed E-state index contributed by atoms with van der Waals surface area (Å²) in [7, 11) is 0. The van der Waals surface area contributed by atoms with E-state index in [1.165, 1.54) is 0 Å². The minimum Gasteiger partial charge on any atom is -0.461 e. The van der Waals surface area contributed by atoms with Crippen molar-refractivity contribution in [3.8, 4) is 22.5 Å². The molecule has 0 spiro atoms. The Morgan fingerprint density at radius 2 is 1.57 bits per heavy atom. The Balaban J connectivity index is 1.41. The molecule has 4 aromatic rings. The summed E-state index contributed by atoms with van der Waals surface area (Å²) in [6, 6.07) is 15.2. The zero-order valence-electron chi connectivity index (χ0n) is 29.0. The van der Waals surface area contributed by atoms with E-state index < -0.39 is 29.1 Å². The molecule has 4 rings (SSSR count). The predicted molar refractivity (Wildman–Crippen MR) is 179 cm³/mol. The number of aryl methyl sites for hydroxylation is 1. The summed E-state index contributed by atoms with van der Waals surface area (Å²) >= 11 is 6.44. The van der Waals surface area contributed by atoms with Crippen LogP contribution in [0.5, 0.6) is 0 Å². The lowest BCUT2D eigenvalue weighted by molar-refractivity contribution is -0.493. The molecule has 1 unspecified atom stereocenters. The highest BCUT2D eigenvalue weighted by molar-refractivity contribution is 6.32. The number of ether oxygens (including phenoxy) is 4. The van der Waals surface area contributed by atoms with Gasteiger partial charge in [-0.3, -0.25) is 25.7 Å². The van der Waals surface area contributed by atoms with E-state index in [4.69, 9.17) is 51.4 Å². The van der Waals surface area contributed by atoms with Gasteiger partial charge in [-0.25, -0.2) is 19.4 Å². The molecule has 0 aliphatic heterocycles. The van der Waals surface area contributed by atoms with Crippen molar-refractivity contribution in [3.63, 3.8) is 0 Å². The van der Waals surface area contributed by atoms with Gasteiger partial charge in [0.2, 0.25) is 12.1 Å². The van der Waals surface area contributed by atoms with Crippen LogP contribution in [0.3, 0.4) is 0 Å². The molecule has 0 amide bonds. The molecule has 0 aliphatic rings. The van der Waals surface area contributed by atoms with Crippen molar-refractivity contribution < 1.29 is 59.0 Å². The average molecular weight is 765 g/mol. The third kappa shape index (κ3) is 12.8. The van der Waals surface area contributed by atoms with Crippen LogP contribution in [0.2, 0.25) is 5.15 Å². The van der Waals surface area contributed by atoms with Crippen LogP contribution in [0.25, 0.3) is 22.5 Å². The first-order valence-electron chi connectivity index (χ1n) is 16.5. The molecule has 21 heteroatoms. The molecule has 2 aromatic carbocycles. The van der Waals surface area contributed by atoms with Gasteiger partial charge in [-0.2, -0.15) is 0 Å². The average Bonchev–Trinajstić information content (AvgIpc) is 3.75. The fourth-order valence-corrected chi connectivity index (χ4v) is 5.15. The van der Waals surface area contributed by atoms with Gasteiger partial charge in [-0.05, 0) is 35.2 Å². The van der Waals surface area contributed by atoms with Crippen LogP contribution >= 0.6 is 11.6 Å². The number of unbranched alkanes of at least 4 members (excludes halogenated alkanes) is 1. The van der Waals surface area contributed by atoms with Crippen LogP contribution in [0, 0.1) is 0 Å². The maximum atomic E-state index is 13.1. The molecule has 0 radical (unpaired) electrons. The number of hydrogen-bond acceptors (Lipinski definition) is 18. The zero-order chi connectivity index (χ0) is 38.2. The number of tetrazole rings is 1. The second kappa shape index (κ2) is 21.2. The zero-order valence-corrected chi connectivity index (χ0v) is 29.7. The highest BCUT2D eigenvalue weighted by Gasteiger charge is 2.24. The van der Waals surface area contributed by atoms with Gasteiger partial charge in [0.15, 0.2) is 10.8 Å². The molecule has 0 bridgehead atoms. The van der Waals surface area contributed by atoms with Gasteiger partial charge in [-0.15, -0.1) is 15.0 Å².